The highest BCUT2D eigenvalue weighted by molar-refractivity contribution is 6.25. The number of hydrogen-bond acceptors (Lipinski definition) is 14. The topological polar surface area (TPSA) is 244 Å². The highest BCUT2D eigenvalue weighted by Crippen LogP contribution is 2.37. The highest BCUT2D eigenvalue weighted by atomic mass is 16.5. The quantitative estimate of drug-likeness (QED) is 0.0591. The summed E-state index contributed by atoms with van der Waals surface area (Å²) in [7, 11) is 4.77. The van der Waals surface area contributed by atoms with Gasteiger partial charge in [0, 0.05) is 38.8 Å². The number of nitrogens with zero attached hydrogens (tertiary/aromatic N) is 6. The fourth-order valence-electron chi connectivity index (χ4n) is 6.83. The number of anilines is 4. The van der Waals surface area contributed by atoms with Crippen LogP contribution in [0.15, 0.2) is 48.8 Å². The Hall–Kier alpha value is -6.76. The predicted molar refractivity (Wildman–Crippen MR) is 213 cm³/mol. The van der Waals surface area contributed by atoms with E-state index in [-0.39, 0.29) is 47.9 Å². The SMILES string of the molecule is CNC(=O)c1nnc(NC(=O)CNCCCCCCCCNc2cccc3c2C(=O)N(C2CCC(=O)NC2=O)C3=O)cc1Nc1cccc(-c2ncn(C)n2)c1OC. The molecule has 0 spiro atoms. The van der Waals surface area contributed by atoms with E-state index in [1.165, 1.54) is 20.2 Å². The number of rotatable bonds is 19. The zero-order valence-electron chi connectivity index (χ0n) is 32.5. The Kier molecular flexibility index (Phi) is 13.3. The van der Waals surface area contributed by atoms with Gasteiger partial charge in [0.05, 0.1) is 41.7 Å². The van der Waals surface area contributed by atoms with Gasteiger partial charge in [0.15, 0.2) is 23.1 Å². The summed E-state index contributed by atoms with van der Waals surface area (Å²) < 4.78 is 7.27. The summed E-state index contributed by atoms with van der Waals surface area (Å²) in [5.74, 6) is -1.83. The van der Waals surface area contributed by atoms with Crippen LogP contribution in [0.4, 0.5) is 22.9 Å². The van der Waals surface area contributed by atoms with E-state index in [1.54, 1.807) is 48.4 Å². The maximum absolute atomic E-state index is 13.3. The van der Waals surface area contributed by atoms with Crippen LogP contribution in [0, 0.1) is 0 Å². The number of benzene rings is 2. The third kappa shape index (κ3) is 9.43. The van der Waals surface area contributed by atoms with Crippen molar-refractivity contribution in [1.82, 2.24) is 45.8 Å². The van der Waals surface area contributed by atoms with E-state index in [9.17, 15) is 28.8 Å². The van der Waals surface area contributed by atoms with E-state index < -0.39 is 35.6 Å². The fourth-order valence-corrected chi connectivity index (χ4v) is 6.83. The molecule has 0 saturated carbocycles. The third-order valence-electron chi connectivity index (χ3n) is 9.68. The van der Waals surface area contributed by atoms with Gasteiger partial charge in [-0.1, -0.05) is 37.8 Å². The average molecular weight is 795 g/mol. The maximum atomic E-state index is 13.3. The molecular formula is C39H46N12O7. The smallest absolute Gasteiger partial charge is 0.273 e. The second-order valence-corrected chi connectivity index (χ2v) is 13.8. The molecule has 6 N–H and O–H groups in total. The van der Waals surface area contributed by atoms with Crippen LogP contribution in [0.25, 0.3) is 11.4 Å². The van der Waals surface area contributed by atoms with Gasteiger partial charge in [0.25, 0.3) is 17.7 Å². The van der Waals surface area contributed by atoms with Gasteiger partial charge in [0.1, 0.15) is 12.4 Å². The Morgan fingerprint density at radius 3 is 2.33 bits per heavy atom. The maximum Gasteiger partial charge on any atom is 0.273 e. The van der Waals surface area contributed by atoms with E-state index in [0.717, 1.165) is 43.4 Å². The number of aromatic nitrogens is 5. The largest absolute Gasteiger partial charge is 0.494 e. The van der Waals surface area contributed by atoms with Gasteiger partial charge in [-0.2, -0.15) is 5.10 Å². The second-order valence-electron chi connectivity index (χ2n) is 13.8. The van der Waals surface area contributed by atoms with Crippen LogP contribution < -0.4 is 36.6 Å². The number of fused-ring (bicyclic) bond motifs is 1. The van der Waals surface area contributed by atoms with Crippen LogP contribution in [0.3, 0.4) is 0 Å². The van der Waals surface area contributed by atoms with Crippen molar-refractivity contribution in [1.29, 1.82) is 0 Å². The minimum absolute atomic E-state index is 0.0203. The molecule has 58 heavy (non-hydrogen) atoms. The van der Waals surface area contributed by atoms with Gasteiger partial charge in [-0.25, -0.2) is 4.98 Å². The first-order valence-electron chi connectivity index (χ1n) is 19.1. The molecular weight excluding hydrogens is 749 g/mol. The number of imide groups is 2. The van der Waals surface area contributed by atoms with Crippen molar-refractivity contribution in [3.8, 4) is 17.1 Å². The fraction of sp³-hybridized carbons (Fsp3) is 0.385. The number of carbonyl (C=O) groups is 6. The predicted octanol–water partition coefficient (Wildman–Crippen LogP) is 2.77. The van der Waals surface area contributed by atoms with Crippen molar-refractivity contribution in [2.24, 2.45) is 7.05 Å². The van der Waals surface area contributed by atoms with Crippen molar-refractivity contribution in [3.05, 3.63) is 65.6 Å². The van der Waals surface area contributed by atoms with Gasteiger partial charge in [-0.05, 0) is 50.1 Å². The number of piperidine rings is 1. The number of aryl methyl sites for hydroxylation is 1. The molecule has 1 unspecified atom stereocenters. The molecule has 2 aromatic heterocycles. The van der Waals surface area contributed by atoms with Gasteiger partial charge >= 0.3 is 0 Å². The molecule has 19 heteroatoms. The zero-order valence-corrected chi connectivity index (χ0v) is 32.5. The first-order chi connectivity index (χ1) is 28.1. The lowest BCUT2D eigenvalue weighted by molar-refractivity contribution is -0.136. The molecule has 304 valence electrons. The van der Waals surface area contributed by atoms with Crippen LogP contribution in [0.1, 0.15) is 82.6 Å². The number of amides is 6. The van der Waals surface area contributed by atoms with Crippen LogP contribution in [0.5, 0.6) is 5.75 Å². The number of nitrogens with one attached hydrogen (secondary N) is 6. The highest BCUT2D eigenvalue weighted by Gasteiger charge is 2.45. The first kappa shape index (κ1) is 40.9. The molecule has 6 amide bonds. The standard InChI is InChI=1S/C39H46N12O7/c1-40-37(55)33-27(44-26-15-11-13-24(34(26)58-3)35-43-22-50(2)49-35)20-29(47-48-33)45-31(53)21-41-18-8-6-4-5-7-9-19-42-25-14-10-12-23-32(25)39(57)51(38(23)56)28-16-17-30(52)46-36(28)54/h10-15,20,22,28,41-42H,4-9,16-19,21H2,1-3H3,(H,40,55)(H,46,52,54)(H2,44,45,47,53). The lowest BCUT2D eigenvalue weighted by atomic mass is 10.0. The number of ether oxygens (including phenoxy) is 1. The molecule has 2 aromatic carbocycles. The Balaban J connectivity index is 0.899. The van der Waals surface area contributed by atoms with Gasteiger partial charge < -0.3 is 31.3 Å². The van der Waals surface area contributed by atoms with E-state index >= 15 is 0 Å². The molecule has 1 atom stereocenters. The number of hydrogen-bond donors (Lipinski definition) is 6. The lowest BCUT2D eigenvalue weighted by Gasteiger charge is -2.27. The molecule has 2 aliphatic heterocycles. The van der Waals surface area contributed by atoms with Crippen LogP contribution in [-0.2, 0) is 21.4 Å². The van der Waals surface area contributed by atoms with E-state index in [4.69, 9.17) is 4.74 Å². The summed E-state index contributed by atoms with van der Waals surface area (Å²) in [6.45, 7) is 1.31. The summed E-state index contributed by atoms with van der Waals surface area (Å²) in [5, 5.41) is 29.6. The lowest BCUT2D eigenvalue weighted by Crippen LogP contribution is -2.54. The Morgan fingerprint density at radius 1 is 0.897 bits per heavy atom. The Morgan fingerprint density at radius 2 is 1.62 bits per heavy atom. The van der Waals surface area contributed by atoms with E-state index in [0.29, 0.717) is 47.3 Å². The summed E-state index contributed by atoms with van der Waals surface area (Å²) in [6.07, 6.45) is 7.45. The van der Waals surface area contributed by atoms with Crippen LogP contribution in [0.2, 0.25) is 0 Å². The molecule has 4 heterocycles. The van der Waals surface area contributed by atoms with Crippen molar-refractivity contribution in [2.75, 3.05) is 49.7 Å². The molecule has 0 bridgehead atoms. The van der Waals surface area contributed by atoms with E-state index in [1.807, 2.05) is 6.07 Å². The number of unbranched alkanes of at least 4 members (excludes halogenated alkanes) is 5. The normalized spacial score (nSPS) is 14.9. The molecule has 2 aliphatic rings. The van der Waals surface area contributed by atoms with E-state index in [2.05, 4.69) is 52.2 Å². The zero-order chi connectivity index (χ0) is 41.2. The third-order valence-corrected chi connectivity index (χ3v) is 9.68. The van der Waals surface area contributed by atoms with Gasteiger partial charge in [0.2, 0.25) is 17.7 Å². The minimum Gasteiger partial charge on any atom is -0.494 e. The molecule has 19 nitrogen and oxygen atoms in total. The number of methoxy groups -OCH3 is 1. The van der Waals surface area contributed by atoms with Crippen molar-refractivity contribution in [3.63, 3.8) is 0 Å². The summed E-state index contributed by atoms with van der Waals surface area (Å²) in [6, 6.07) is 10.9. The molecule has 1 saturated heterocycles. The second kappa shape index (κ2) is 18.9. The number of carbonyl (C=O) groups excluding carboxylic acids is 6. The molecule has 0 radical (unpaired) electrons. The average Bonchev–Trinajstić information content (AvgIpc) is 3.76. The summed E-state index contributed by atoms with van der Waals surface area (Å²) in [5.41, 5.74) is 2.53. The molecule has 1 fully saturated rings. The van der Waals surface area contributed by atoms with Gasteiger partial charge in [-0.15, -0.1) is 10.2 Å². The monoisotopic (exact) mass is 794 g/mol. The summed E-state index contributed by atoms with van der Waals surface area (Å²) >= 11 is 0. The Bertz CT molecular complexity index is 2210. The summed E-state index contributed by atoms with van der Waals surface area (Å²) in [4.78, 5) is 81.0. The van der Waals surface area contributed by atoms with Crippen LogP contribution in [-0.4, -0.2) is 105 Å². The number of para-hydroxylation sites is 1. The molecule has 4 aromatic rings. The van der Waals surface area contributed by atoms with Crippen molar-refractivity contribution >= 4 is 58.3 Å². The molecule has 0 aliphatic carbocycles. The Labute approximate surface area is 334 Å². The minimum atomic E-state index is -1.00. The van der Waals surface area contributed by atoms with Crippen molar-refractivity contribution < 1.29 is 33.5 Å². The molecule has 6 rings (SSSR count). The first-order valence-corrected chi connectivity index (χ1v) is 19.1. The van der Waals surface area contributed by atoms with Crippen LogP contribution >= 0.6 is 0 Å². The van der Waals surface area contributed by atoms with Crippen molar-refractivity contribution in [2.45, 2.75) is 57.4 Å². The van der Waals surface area contributed by atoms with Gasteiger partial charge in [-0.3, -0.25) is 43.7 Å².